The average molecular weight is 292 g/mol. The van der Waals surface area contributed by atoms with E-state index in [1.165, 1.54) is 24.3 Å². The van der Waals surface area contributed by atoms with Crippen LogP contribution in [-0.4, -0.2) is 17.2 Å². The number of benzene rings is 2. The normalized spacial score (nSPS) is 14.0. The molecule has 5 heteroatoms. The topological polar surface area (TPSA) is 94.1 Å². The number of hydrogen-bond donors (Lipinski definition) is 1. The van der Waals surface area contributed by atoms with Crippen LogP contribution < -0.4 is 0 Å². The highest BCUT2D eigenvalue weighted by Crippen LogP contribution is 2.27. The van der Waals surface area contributed by atoms with Gasteiger partial charge >= 0.3 is 5.97 Å². The lowest BCUT2D eigenvalue weighted by atomic mass is 9.90. The molecule has 5 nitrogen and oxygen atoms in total. The maximum Gasteiger partial charge on any atom is 0.339 e. The molecule has 0 aromatic heterocycles. The lowest BCUT2D eigenvalue weighted by Gasteiger charge is -2.25. The van der Waals surface area contributed by atoms with Crippen molar-refractivity contribution < 1.29 is 14.6 Å². The minimum atomic E-state index is -2.24. The summed E-state index contributed by atoms with van der Waals surface area (Å²) in [7, 11) is 0. The SMILES string of the molecule is N#CC(OC(=O)c1ccccc1)C(O)(C#N)c1ccccc1. The fourth-order valence-corrected chi connectivity index (χ4v) is 1.92. The third-order valence-electron chi connectivity index (χ3n) is 3.12. The fourth-order valence-electron chi connectivity index (χ4n) is 1.92. The van der Waals surface area contributed by atoms with Gasteiger partial charge in [0.25, 0.3) is 0 Å². The molecule has 0 saturated carbocycles. The minimum Gasteiger partial charge on any atom is -0.439 e. The second-order valence-electron chi connectivity index (χ2n) is 4.52. The molecule has 0 heterocycles. The number of hydrogen-bond acceptors (Lipinski definition) is 5. The highest BCUT2D eigenvalue weighted by molar-refractivity contribution is 5.89. The van der Waals surface area contributed by atoms with Gasteiger partial charge in [-0.3, -0.25) is 0 Å². The molecule has 2 aromatic carbocycles. The summed E-state index contributed by atoms with van der Waals surface area (Å²) in [5.74, 6) is -0.781. The van der Waals surface area contributed by atoms with Gasteiger partial charge in [-0.05, 0) is 12.1 Å². The Kier molecular flexibility index (Phi) is 4.53. The Hall–Kier alpha value is -3.15. The molecule has 2 rings (SSSR count). The Labute approximate surface area is 127 Å². The van der Waals surface area contributed by atoms with Gasteiger partial charge in [0.2, 0.25) is 11.7 Å². The molecule has 0 bridgehead atoms. The number of carbonyl (C=O) groups is 1. The zero-order chi connectivity index (χ0) is 16.0. The van der Waals surface area contributed by atoms with Gasteiger partial charge in [0.05, 0.1) is 5.56 Å². The van der Waals surface area contributed by atoms with E-state index in [1.54, 1.807) is 48.5 Å². The van der Waals surface area contributed by atoms with E-state index < -0.39 is 17.7 Å². The molecular formula is C17H12N2O3. The zero-order valence-corrected chi connectivity index (χ0v) is 11.5. The zero-order valence-electron chi connectivity index (χ0n) is 11.5. The Bertz CT molecular complexity index is 732. The highest BCUT2D eigenvalue weighted by Gasteiger charge is 2.42. The van der Waals surface area contributed by atoms with Crippen molar-refractivity contribution in [3.05, 3.63) is 71.8 Å². The van der Waals surface area contributed by atoms with E-state index >= 15 is 0 Å². The standard InChI is InChI=1S/C17H12N2O3/c18-11-15(22-16(20)13-7-3-1-4-8-13)17(21,12-19)14-9-5-2-6-10-14/h1-10,15,21H. The van der Waals surface area contributed by atoms with Crippen LogP contribution in [0.5, 0.6) is 0 Å². The van der Waals surface area contributed by atoms with E-state index in [0.29, 0.717) is 0 Å². The lowest BCUT2D eigenvalue weighted by Crippen LogP contribution is -2.40. The molecule has 2 unspecified atom stereocenters. The molecule has 0 spiro atoms. The minimum absolute atomic E-state index is 0.185. The van der Waals surface area contributed by atoms with Crippen molar-refractivity contribution in [3.63, 3.8) is 0 Å². The van der Waals surface area contributed by atoms with Crippen LogP contribution in [0.3, 0.4) is 0 Å². The molecule has 22 heavy (non-hydrogen) atoms. The first-order valence-corrected chi connectivity index (χ1v) is 6.46. The van der Waals surface area contributed by atoms with Crippen LogP contribution in [0.4, 0.5) is 0 Å². The number of nitriles is 2. The molecular weight excluding hydrogens is 280 g/mol. The molecule has 0 aliphatic carbocycles. The summed E-state index contributed by atoms with van der Waals surface area (Å²) < 4.78 is 5.02. The van der Waals surface area contributed by atoms with Crippen molar-refractivity contribution in [2.75, 3.05) is 0 Å². The van der Waals surface area contributed by atoms with Crippen LogP contribution in [0.1, 0.15) is 15.9 Å². The Balaban J connectivity index is 2.30. The van der Waals surface area contributed by atoms with E-state index in [9.17, 15) is 20.4 Å². The molecule has 0 fully saturated rings. The van der Waals surface area contributed by atoms with E-state index in [-0.39, 0.29) is 11.1 Å². The molecule has 0 aliphatic rings. The maximum atomic E-state index is 12.0. The van der Waals surface area contributed by atoms with E-state index in [4.69, 9.17) is 4.74 Å². The van der Waals surface area contributed by atoms with Gasteiger partial charge in [-0.25, -0.2) is 4.79 Å². The summed E-state index contributed by atoms with van der Waals surface area (Å²) in [6.07, 6.45) is -1.65. The van der Waals surface area contributed by atoms with E-state index in [2.05, 4.69) is 0 Å². The third-order valence-corrected chi connectivity index (χ3v) is 3.12. The molecule has 0 amide bonds. The number of rotatable bonds is 4. The first kappa shape index (κ1) is 15.2. The molecule has 0 radical (unpaired) electrons. The van der Waals surface area contributed by atoms with Gasteiger partial charge in [0.15, 0.2) is 0 Å². The van der Waals surface area contributed by atoms with Crippen LogP contribution in [0.2, 0.25) is 0 Å². The van der Waals surface area contributed by atoms with Crippen molar-refractivity contribution in [1.82, 2.24) is 0 Å². The first-order valence-electron chi connectivity index (χ1n) is 6.46. The van der Waals surface area contributed by atoms with Crippen molar-refractivity contribution in [2.24, 2.45) is 0 Å². The van der Waals surface area contributed by atoms with Crippen LogP contribution >= 0.6 is 0 Å². The Morgan fingerprint density at radius 1 is 1.05 bits per heavy atom. The van der Waals surface area contributed by atoms with Gasteiger partial charge in [0, 0.05) is 5.56 Å². The smallest absolute Gasteiger partial charge is 0.339 e. The quantitative estimate of drug-likeness (QED) is 0.688. The van der Waals surface area contributed by atoms with Crippen molar-refractivity contribution in [2.45, 2.75) is 11.7 Å². The monoisotopic (exact) mass is 292 g/mol. The van der Waals surface area contributed by atoms with Crippen LogP contribution in [0.25, 0.3) is 0 Å². The van der Waals surface area contributed by atoms with Gasteiger partial charge < -0.3 is 9.84 Å². The van der Waals surface area contributed by atoms with Gasteiger partial charge in [-0.2, -0.15) is 10.5 Å². The number of aliphatic hydroxyl groups is 1. The number of esters is 1. The first-order chi connectivity index (χ1) is 10.6. The predicted molar refractivity (Wildman–Crippen MR) is 77.2 cm³/mol. The summed E-state index contributed by atoms with van der Waals surface area (Å²) in [6, 6.07) is 19.3. The predicted octanol–water partition coefficient (Wildman–Crippen LogP) is 2.15. The average Bonchev–Trinajstić information content (AvgIpc) is 2.60. The largest absolute Gasteiger partial charge is 0.439 e. The van der Waals surface area contributed by atoms with E-state index in [1.807, 2.05) is 0 Å². The maximum absolute atomic E-state index is 12.0. The summed E-state index contributed by atoms with van der Waals surface area (Å²) in [5.41, 5.74) is -1.82. The van der Waals surface area contributed by atoms with Crippen LogP contribution in [-0.2, 0) is 10.3 Å². The Morgan fingerprint density at radius 3 is 2.09 bits per heavy atom. The van der Waals surface area contributed by atoms with Crippen molar-refractivity contribution in [3.8, 4) is 12.1 Å². The van der Waals surface area contributed by atoms with Crippen molar-refractivity contribution in [1.29, 1.82) is 10.5 Å². The Morgan fingerprint density at radius 2 is 1.59 bits per heavy atom. The molecule has 2 atom stereocenters. The summed E-state index contributed by atoms with van der Waals surface area (Å²) in [4.78, 5) is 12.0. The van der Waals surface area contributed by atoms with Crippen LogP contribution in [0.15, 0.2) is 60.7 Å². The highest BCUT2D eigenvalue weighted by atomic mass is 16.6. The van der Waals surface area contributed by atoms with Gasteiger partial charge in [-0.15, -0.1) is 0 Å². The number of carbonyl (C=O) groups excluding carboxylic acids is 1. The molecule has 1 N–H and O–H groups in total. The summed E-state index contributed by atoms with van der Waals surface area (Å²) >= 11 is 0. The molecule has 108 valence electrons. The van der Waals surface area contributed by atoms with Crippen molar-refractivity contribution >= 4 is 5.97 Å². The third kappa shape index (κ3) is 2.95. The second-order valence-corrected chi connectivity index (χ2v) is 4.52. The molecule has 0 saturated heterocycles. The molecule has 0 aliphatic heterocycles. The second kappa shape index (κ2) is 6.53. The molecule has 2 aromatic rings. The van der Waals surface area contributed by atoms with Crippen LogP contribution in [0, 0.1) is 22.7 Å². The number of ether oxygens (including phenoxy) is 1. The number of nitrogens with zero attached hydrogens (tertiary/aromatic N) is 2. The fraction of sp³-hybridized carbons (Fsp3) is 0.118. The van der Waals surface area contributed by atoms with Gasteiger partial charge in [-0.1, -0.05) is 48.5 Å². The lowest BCUT2D eigenvalue weighted by molar-refractivity contribution is -0.0324. The summed E-state index contributed by atoms with van der Waals surface area (Å²) in [6.45, 7) is 0. The van der Waals surface area contributed by atoms with Gasteiger partial charge in [0.1, 0.15) is 12.1 Å². The van der Waals surface area contributed by atoms with E-state index in [0.717, 1.165) is 0 Å². The summed E-state index contributed by atoms with van der Waals surface area (Å²) in [5, 5.41) is 29.0.